The van der Waals surface area contributed by atoms with Crippen LogP contribution in [0, 0.1) is 0 Å². The van der Waals surface area contributed by atoms with E-state index in [2.05, 4.69) is 64.8 Å². The molecule has 106 valence electrons. The number of rotatable bonds is 5. The number of thioether (sulfide) groups is 1. The molecular formula is C18H18N2S. The molecule has 3 aromatic rings. The van der Waals surface area contributed by atoms with Crippen LogP contribution < -0.4 is 0 Å². The van der Waals surface area contributed by atoms with Crippen LogP contribution in [-0.2, 0) is 6.54 Å². The maximum absolute atomic E-state index is 4.82. The monoisotopic (exact) mass is 294 g/mol. The fourth-order valence-electron chi connectivity index (χ4n) is 2.48. The molecule has 0 spiro atoms. The van der Waals surface area contributed by atoms with Crippen LogP contribution in [0.15, 0.2) is 66.1 Å². The van der Waals surface area contributed by atoms with Crippen molar-refractivity contribution < 1.29 is 0 Å². The summed E-state index contributed by atoms with van der Waals surface area (Å²) in [7, 11) is 0. The second-order valence-electron chi connectivity index (χ2n) is 4.84. The van der Waals surface area contributed by atoms with Crippen molar-refractivity contribution in [2.24, 2.45) is 0 Å². The molecule has 2 aromatic carbocycles. The van der Waals surface area contributed by atoms with Crippen LogP contribution in [0.2, 0.25) is 0 Å². The van der Waals surface area contributed by atoms with Crippen molar-refractivity contribution in [2.75, 3.05) is 6.26 Å². The molecule has 2 nitrogen and oxygen atoms in total. The first-order valence-electron chi connectivity index (χ1n) is 7.08. The number of nitrogens with zero attached hydrogens (tertiary/aromatic N) is 2. The Morgan fingerprint density at radius 3 is 2.62 bits per heavy atom. The number of hydrogen-bond acceptors (Lipinski definition) is 2. The molecule has 0 fully saturated rings. The predicted molar refractivity (Wildman–Crippen MR) is 92.4 cm³/mol. The van der Waals surface area contributed by atoms with Gasteiger partial charge in [0, 0.05) is 12.1 Å². The molecule has 0 aliphatic heterocycles. The fourth-order valence-corrected chi connectivity index (χ4v) is 2.81. The van der Waals surface area contributed by atoms with E-state index in [4.69, 9.17) is 4.98 Å². The van der Waals surface area contributed by atoms with Crippen molar-refractivity contribution in [1.82, 2.24) is 9.55 Å². The minimum atomic E-state index is 0.946. The van der Waals surface area contributed by atoms with E-state index in [1.807, 2.05) is 12.1 Å². The summed E-state index contributed by atoms with van der Waals surface area (Å²) in [6.07, 6.45) is 5.31. The number of imidazole rings is 1. The minimum Gasteiger partial charge on any atom is -0.324 e. The van der Waals surface area contributed by atoms with Gasteiger partial charge in [0.1, 0.15) is 5.82 Å². The number of benzene rings is 2. The van der Waals surface area contributed by atoms with Crippen LogP contribution in [0.4, 0.5) is 0 Å². The molecule has 0 saturated carbocycles. The molecule has 3 rings (SSSR count). The summed E-state index contributed by atoms with van der Waals surface area (Å²) in [5.41, 5.74) is 3.43. The standard InChI is InChI=1S/C18H18N2S/c1-21-14-8-7-13-20-17-12-6-5-11-16(17)19-18(20)15-9-3-2-4-10-15/h2-6,8-12,14H,7,13H2,1H3/b14-8-. The van der Waals surface area contributed by atoms with Crippen LogP contribution in [0.3, 0.4) is 0 Å². The fraction of sp³-hybridized carbons (Fsp3) is 0.167. The maximum Gasteiger partial charge on any atom is 0.141 e. The van der Waals surface area contributed by atoms with Gasteiger partial charge in [-0.25, -0.2) is 4.98 Å². The average Bonchev–Trinajstić information content (AvgIpc) is 2.91. The Kier molecular flexibility index (Phi) is 4.41. The van der Waals surface area contributed by atoms with Gasteiger partial charge in [-0.3, -0.25) is 0 Å². The van der Waals surface area contributed by atoms with Crippen molar-refractivity contribution in [3.8, 4) is 11.4 Å². The molecule has 0 bridgehead atoms. The van der Waals surface area contributed by atoms with Gasteiger partial charge in [0.2, 0.25) is 0 Å². The molecule has 0 saturated heterocycles. The molecule has 0 radical (unpaired) electrons. The van der Waals surface area contributed by atoms with Crippen LogP contribution >= 0.6 is 11.8 Å². The van der Waals surface area contributed by atoms with E-state index in [0.717, 1.165) is 24.3 Å². The Bertz CT molecular complexity index is 744. The van der Waals surface area contributed by atoms with Gasteiger partial charge in [-0.05, 0) is 30.2 Å². The van der Waals surface area contributed by atoms with Crippen molar-refractivity contribution in [3.63, 3.8) is 0 Å². The summed E-state index contributed by atoms with van der Waals surface area (Å²) in [5.74, 6) is 1.05. The molecule has 0 amide bonds. The van der Waals surface area contributed by atoms with Crippen LogP contribution in [0.25, 0.3) is 22.4 Å². The Labute approximate surface area is 129 Å². The molecule has 3 heteroatoms. The Morgan fingerprint density at radius 2 is 1.81 bits per heavy atom. The summed E-state index contributed by atoms with van der Waals surface area (Å²) in [6.45, 7) is 0.946. The molecule has 1 aromatic heterocycles. The first kappa shape index (κ1) is 14.0. The summed E-state index contributed by atoms with van der Waals surface area (Å²) in [4.78, 5) is 4.82. The molecule has 0 N–H and O–H groups in total. The van der Waals surface area contributed by atoms with Crippen LogP contribution in [0.1, 0.15) is 6.42 Å². The molecule has 0 unspecified atom stereocenters. The first-order chi connectivity index (χ1) is 10.4. The second kappa shape index (κ2) is 6.64. The van der Waals surface area contributed by atoms with Crippen molar-refractivity contribution >= 4 is 22.8 Å². The van der Waals surface area contributed by atoms with Gasteiger partial charge < -0.3 is 4.57 Å². The zero-order valence-electron chi connectivity index (χ0n) is 12.1. The molecule has 0 aliphatic carbocycles. The molecule has 21 heavy (non-hydrogen) atoms. The van der Waals surface area contributed by atoms with Gasteiger partial charge in [-0.15, -0.1) is 11.8 Å². The molecule has 0 atom stereocenters. The number of aryl methyl sites for hydroxylation is 1. The Balaban J connectivity index is 2.04. The molecule has 0 aliphatic rings. The van der Waals surface area contributed by atoms with Gasteiger partial charge in [0.25, 0.3) is 0 Å². The van der Waals surface area contributed by atoms with Crippen LogP contribution in [-0.4, -0.2) is 15.8 Å². The zero-order chi connectivity index (χ0) is 14.5. The highest BCUT2D eigenvalue weighted by molar-refractivity contribution is 8.01. The summed E-state index contributed by atoms with van der Waals surface area (Å²) in [5, 5.41) is 2.14. The zero-order valence-corrected chi connectivity index (χ0v) is 12.9. The minimum absolute atomic E-state index is 0.946. The average molecular weight is 294 g/mol. The molecular weight excluding hydrogens is 276 g/mol. The lowest BCUT2D eigenvalue weighted by atomic mass is 10.2. The van der Waals surface area contributed by atoms with Crippen LogP contribution in [0.5, 0.6) is 0 Å². The van der Waals surface area contributed by atoms with E-state index in [0.29, 0.717) is 0 Å². The van der Waals surface area contributed by atoms with E-state index in [9.17, 15) is 0 Å². The number of para-hydroxylation sites is 2. The SMILES string of the molecule is CS/C=C\CCn1c(-c2ccccc2)nc2ccccc21. The quantitative estimate of drug-likeness (QED) is 0.661. The summed E-state index contributed by atoms with van der Waals surface area (Å²) >= 11 is 1.74. The predicted octanol–water partition coefficient (Wildman–Crippen LogP) is 4.97. The highest BCUT2D eigenvalue weighted by Gasteiger charge is 2.11. The van der Waals surface area contributed by atoms with Crippen molar-refractivity contribution in [1.29, 1.82) is 0 Å². The highest BCUT2D eigenvalue weighted by Crippen LogP contribution is 2.25. The van der Waals surface area contributed by atoms with E-state index in [1.54, 1.807) is 11.8 Å². The van der Waals surface area contributed by atoms with Gasteiger partial charge in [0.05, 0.1) is 11.0 Å². The van der Waals surface area contributed by atoms with Crippen molar-refractivity contribution in [2.45, 2.75) is 13.0 Å². The smallest absolute Gasteiger partial charge is 0.141 e. The lowest BCUT2D eigenvalue weighted by Crippen LogP contribution is -1.99. The number of hydrogen-bond donors (Lipinski definition) is 0. The summed E-state index contributed by atoms with van der Waals surface area (Å²) in [6, 6.07) is 18.8. The van der Waals surface area contributed by atoms with E-state index < -0.39 is 0 Å². The van der Waals surface area contributed by atoms with Crippen molar-refractivity contribution in [3.05, 3.63) is 66.1 Å². The van der Waals surface area contributed by atoms with Gasteiger partial charge in [-0.2, -0.15) is 0 Å². The number of allylic oxidation sites excluding steroid dienone is 1. The van der Waals surface area contributed by atoms with Gasteiger partial charge in [-0.1, -0.05) is 48.5 Å². The Hall–Kier alpha value is -2.00. The highest BCUT2D eigenvalue weighted by atomic mass is 32.2. The summed E-state index contributed by atoms with van der Waals surface area (Å²) < 4.78 is 2.31. The second-order valence-corrected chi connectivity index (χ2v) is 5.58. The Morgan fingerprint density at radius 1 is 1.05 bits per heavy atom. The molecule has 1 heterocycles. The van der Waals surface area contributed by atoms with E-state index in [1.165, 1.54) is 11.1 Å². The van der Waals surface area contributed by atoms with Gasteiger partial charge in [0.15, 0.2) is 0 Å². The number of aromatic nitrogens is 2. The lowest BCUT2D eigenvalue weighted by molar-refractivity contribution is 0.739. The van der Waals surface area contributed by atoms with E-state index in [-0.39, 0.29) is 0 Å². The normalized spacial score (nSPS) is 11.5. The third-order valence-corrected chi connectivity index (χ3v) is 3.90. The maximum atomic E-state index is 4.82. The topological polar surface area (TPSA) is 17.8 Å². The first-order valence-corrected chi connectivity index (χ1v) is 8.37. The lowest BCUT2D eigenvalue weighted by Gasteiger charge is -2.07. The van der Waals surface area contributed by atoms with E-state index >= 15 is 0 Å². The largest absolute Gasteiger partial charge is 0.324 e. The van der Waals surface area contributed by atoms with Gasteiger partial charge >= 0.3 is 0 Å². The third kappa shape index (κ3) is 3.03. The third-order valence-electron chi connectivity index (χ3n) is 3.44. The number of fused-ring (bicyclic) bond motifs is 1.